The molecule has 0 N–H and O–H groups in total. The first-order valence-corrected chi connectivity index (χ1v) is 10.4. The van der Waals surface area contributed by atoms with Crippen LogP contribution >= 0.6 is 0 Å². The maximum absolute atomic E-state index is 13.0. The number of nitrogens with zero attached hydrogens (tertiary/aromatic N) is 2. The summed E-state index contributed by atoms with van der Waals surface area (Å²) in [5.41, 5.74) is 2.67. The Bertz CT molecular complexity index is 1320. The minimum Gasteiger partial charge on any atom is -0.421 e. The van der Waals surface area contributed by atoms with E-state index in [-0.39, 0.29) is 4.90 Å². The summed E-state index contributed by atoms with van der Waals surface area (Å²) in [6, 6.07) is 14.8. The average Bonchev–Trinajstić information content (AvgIpc) is 3.12. The standard InChI is InChI=1S/C22H18N2O4S/c1-15-3-6-20(7-4-15)29(26,27)24-10-9-17-12-18(5-8-21(17)24)22(25)28-19-11-16(2)13-23-14-19/h3-14H,1-2H3. The highest BCUT2D eigenvalue weighted by Crippen LogP contribution is 2.24. The molecular weight excluding hydrogens is 388 g/mol. The van der Waals surface area contributed by atoms with Crippen LogP contribution in [0.25, 0.3) is 10.9 Å². The third kappa shape index (κ3) is 3.64. The van der Waals surface area contributed by atoms with E-state index < -0.39 is 16.0 Å². The van der Waals surface area contributed by atoms with Gasteiger partial charge in [-0.15, -0.1) is 0 Å². The van der Waals surface area contributed by atoms with E-state index in [1.165, 1.54) is 16.4 Å². The van der Waals surface area contributed by atoms with E-state index in [0.29, 0.717) is 22.2 Å². The summed E-state index contributed by atoms with van der Waals surface area (Å²) in [5.74, 6) is -0.178. The van der Waals surface area contributed by atoms with Crippen LogP contribution in [-0.2, 0) is 10.0 Å². The molecule has 6 nitrogen and oxygen atoms in total. The number of aryl methyl sites for hydroxylation is 2. The van der Waals surface area contributed by atoms with Gasteiger partial charge >= 0.3 is 5.97 Å². The zero-order chi connectivity index (χ0) is 20.6. The van der Waals surface area contributed by atoms with Crippen LogP contribution in [0, 0.1) is 13.8 Å². The minimum atomic E-state index is -3.73. The van der Waals surface area contributed by atoms with Crippen molar-refractivity contribution in [1.29, 1.82) is 0 Å². The number of carbonyl (C=O) groups excluding carboxylic acids is 1. The van der Waals surface area contributed by atoms with Crippen molar-refractivity contribution < 1.29 is 17.9 Å². The summed E-state index contributed by atoms with van der Waals surface area (Å²) in [6.45, 7) is 3.75. The number of hydrogen-bond acceptors (Lipinski definition) is 5. The number of fused-ring (bicyclic) bond motifs is 1. The van der Waals surface area contributed by atoms with Gasteiger partial charge in [0.15, 0.2) is 0 Å². The Morgan fingerprint density at radius 1 is 0.931 bits per heavy atom. The summed E-state index contributed by atoms with van der Waals surface area (Å²) in [6.07, 6.45) is 4.62. The van der Waals surface area contributed by atoms with Crippen molar-refractivity contribution in [2.75, 3.05) is 0 Å². The van der Waals surface area contributed by atoms with Gasteiger partial charge in [-0.2, -0.15) is 0 Å². The first-order valence-electron chi connectivity index (χ1n) is 8.92. The molecule has 0 fully saturated rings. The maximum Gasteiger partial charge on any atom is 0.343 e. The van der Waals surface area contributed by atoms with Crippen LogP contribution in [0.2, 0.25) is 0 Å². The lowest BCUT2D eigenvalue weighted by molar-refractivity contribution is 0.0734. The zero-order valence-corrected chi connectivity index (χ0v) is 16.7. The molecule has 4 rings (SSSR count). The predicted molar refractivity (Wildman–Crippen MR) is 110 cm³/mol. The number of pyridine rings is 1. The lowest BCUT2D eigenvalue weighted by Gasteiger charge is -2.09. The molecule has 0 amide bonds. The first-order chi connectivity index (χ1) is 13.8. The molecular formula is C22H18N2O4S. The van der Waals surface area contributed by atoms with Gasteiger partial charge in [-0.25, -0.2) is 17.2 Å². The molecule has 2 aromatic carbocycles. The van der Waals surface area contributed by atoms with Gasteiger partial charge in [-0.3, -0.25) is 4.98 Å². The van der Waals surface area contributed by atoms with Crippen LogP contribution in [0.3, 0.4) is 0 Å². The van der Waals surface area contributed by atoms with Crippen molar-refractivity contribution in [3.63, 3.8) is 0 Å². The third-order valence-corrected chi connectivity index (χ3v) is 6.23. The molecule has 0 saturated carbocycles. The minimum absolute atomic E-state index is 0.205. The Labute approximate surface area is 168 Å². The smallest absolute Gasteiger partial charge is 0.343 e. The van der Waals surface area contributed by atoms with Gasteiger partial charge in [0, 0.05) is 17.8 Å². The molecule has 4 aromatic rings. The van der Waals surface area contributed by atoms with Crippen molar-refractivity contribution in [1.82, 2.24) is 8.96 Å². The highest BCUT2D eigenvalue weighted by atomic mass is 32.2. The van der Waals surface area contributed by atoms with Crippen LogP contribution in [0.4, 0.5) is 0 Å². The number of aromatic nitrogens is 2. The van der Waals surface area contributed by atoms with Gasteiger partial charge in [-0.05, 0) is 61.9 Å². The largest absolute Gasteiger partial charge is 0.421 e. The summed E-state index contributed by atoms with van der Waals surface area (Å²) in [4.78, 5) is 16.7. The number of rotatable bonds is 4. The molecule has 29 heavy (non-hydrogen) atoms. The van der Waals surface area contributed by atoms with Crippen LogP contribution in [-0.4, -0.2) is 23.3 Å². The van der Waals surface area contributed by atoms with Gasteiger partial charge in [0.2, 0.25) is 0 Å². The fraction of sp³-hybridized carbons (Fsp3) is 0.0909. The molecule has 0 bridgehead atoms. The molecule has 0 aliphatic rings. The van der Waals surface area contributed by atoms with Crippen molar-refractivity contribution in [2.45, 2.75) is 18.7 Å². The van der Waals surface area contributed by atoms with Crippen LogP contribution in [0.15, 0.2) is 78.1 Å². The summed E-state index contributed by atoms with van der Waals surface area (Å²) in [5, 5.41) is 0.623. The van der Waals surface area contributed by atoms with Crippen molar-refractivity contribution in [2.24, 2.45) is 0 Å². The Balaban J connectivity index is 1.67. The van der Waals surface area contributed by atoms with Crippen LogP contribution in [0.5, 0.6) is 5.75 Å². The second-order valence-electron chi connectivity index (χ2n) is 6.79. The Kier molecular flexibility index (Phi) is 4.68. The van der Waals surface area contributed by atoms with E-state index in [9.17, 15) is 13.2 Å². The van der Waals surface area contributed by atoms with Crippen LogP contribution in [0.1, 0.15) is 21.5 Å². The molecule has 0 spiro atoms. The summed E-state index contributed by atoms with van der Waals surface area (Å²) >= 11 is 0. The van der Waals surface area contributed by atoms with Crippen molar-refractivity contribution >= 4 is 26.9 Å². The molecule has 0 unspecified atom stereocenters. The van der Waals surface area contributed by atoms with Gasteiger partial charge < -0.3 is 4.74 Å². The molecule has 2 heterocycles. The third-order valence-electron chi connectivity index (χ3n) is 4.53. The average molecular weight is 406 g/mol. The number of carbonyl (C=O) groups is 1. The SMILES string of the molecule is Cc1ccc(S(=O)(=O)n2ccc3cc(C(=O)Oc4cncc(C)c4)ccc32)cc1. The van der Waals surface area contributed by atoms with Gasteiger partial charge in [0.1, 0.15) is 5.75 Å². The zero-order valence-electron chi connectivity index (χ0n) is 15.9. The van der Waals surface area contributed by atoms with E-state index in [1.807, 2.05) is 13.8 Å². The van der Waals surface area contributed by atoms with Gasteiger partial charge in [-0.1, -0.05) is 17.7 Å². The fourth-order valence-corrected chi connectivity index (χ4v) is 4.38. The molecule has 0 atom stereocenters. The Hall–Kier alpha value is -3.45. The van der Waals surface area contributed by atoms with E-state index in [1.54, 1.807) is 60.8 Å². The summed E-state index contributed by atoms with van der Waals surface area (Å²) < 4.78 is 32.5. The summed E-state index contributed by atoms with van der Waals surface area (Å²) in [7, 11) is -3.73. The highest BCUT2D eigenvalue weighted by Gasteiger charge is 2.19. The van der Waals surface area contributed by atoms with Crippen molar-refractivity contribution in [3.05, 3.63) is 89.9 Å². The Morgan fingerprint density at radius 2 is 1.69 bits per heavy atom. The lowest BCUT2D eigenvalue weighted by atomic mass is 10.1. The molecule has 0 radical (unpaired) electrons. The normalized spacial score (nSPS) is 11.5. The molecule has 0 aliphatic heterocycles. The van der Waals surface area contributed by atoms with E-state index in [0.717, 1.165) is 11.1 Å². The van der Waals surface area contributed by atoms with Gasteiger partial charge in [0.05, 0.1) is 22.2 Å². The van der Waals surface area contributed by atoms with E-state index in [4.69, 9.17) is 4.74 Å². The maximum atomic E-state index is 13.0. The molecule has 0 saturated heterocycles. The molecule has 7 heteroatoms. The number of esters is 1. The first kappa shape index (κ1) is 18.9. The second kappa shape index (κ2) is 7.18. The quantitative estimate of drug-likeness (QED) is 0.477. The van der Waals surface area contributed by atoms with Gasteiger partial charge in [0.25, 0.3) is 10.0 Å². The van der Waals surface area contributed by atoms with Crippen LogP contribution < -0.4 is 4.74 Å². The topological polar surface area (TPSA) is 78.3 Å². The number of hydrogen-bond donors (Lipinski definition) is 0. The monoisotopic (exact) mass is 406 g/mol. The predicted octanol–water partition coefficient (Wildman–Crippen LogP) is 4.11. The lowest BCUT2D eigenvalue weighted by Crippen LogP contribution is -2.12. The fourth-order valence-electron chi connectivity index (χ4n) is 3.03. The van der Waals surface area contributed by atoms with E-state index in [2.05, 4.69) is 4.98 Å². The second-order valence-corrected chi connectivity index (χ2v) is 8.61. The Morgan fingerprint density at radius 3 is 2.41 bits per heavy atom. The van der Waals surface area contributed by atoms with E-state index >= 15 is 0 Å². The molecule has 146 valence electrons. The van der Waals surface area contributed by atoms with Crippen molar-refractivity contribution in [3.8, 4) is 5.75 Å². The number of ether oxygens (including phenoxy) is 1. The molecule has 2 aromatic heterocycles. The highest BCUT2D eigenvalue weighted by molar-refractivity contribution is 7.90. The number of benzene rings is 2. The molecule has 0 aliphatic carbocycles.